The highest BCUT2D eigenvalue weighted by Gasteiger charge is 2.17. The van der Waals surface area contributed by atoms with Gasteiger partial charge in [0, 0.05) is 42.7 Å². The lowest BCUT2D eigenvalue weighted by Gasteiger charge is -2.10. The summed E-state index contributed by atoms with van der Waals surface area (Å²) >= 11 is 1.86. The first kappa shape index (κ1) is 28.6. The highest BCUT2D eigenvalue weighted by atomic mass is 32.1. The van der Waals surface area contributed by atoms with Crippen LogP contribution in [0.2, 0.25) is 0 Å². The summed E-state index contributed by atoms with van der Waals surface area (Å²) in [6, 6.07) is 60.6. The van der Waals surface area contributed by atoms with E-state index in [0.717, 1.165) is 27.9 Å². The van der Waals surface area contributed by atoms with Crippen molar-refractivity contribution in [3.05, 3.63) is 176 Å². The van der Waals surface area contributed by atoms with E-state index >= 15 is 0 Å². The molecule has 0 aliphatic rings. The van der Waals surface area contributed by atoms with Crippen molar-refractivity contribution in [2.45, 2.75) is 0 Å². The van der Waals surface area contributed by atoms with Crippen LogP contribution in [0, 0.1) is 0 Å². The van der Waals surface area contributed by atoms with Crippen molar-refractivity contribution in [3.8, 4) is 50.6 Å². The summed E-state index contributed by atoms with van der Waals surface area (Å²) in [5.41, 5.74) is 11.3. The van der Waals surface area contributed by atoms with E-state index in [-0.39, 0.29) is 0 Å². The van der Waals surface area contributed by atoms with Gasteiger partial charge < -0.3 is 0 Å². The molecule has 10 rings (SSSR count). The number of fused-ring (bicyclic) bond motifs is 6. The Morgan fingerprint density at radius 2 is 1.06 bits per heavy atom. The van der Waals surface area contributed by atoms with Gasteiger partial charge in [0.15, 0.2) is 0 Å². The number of benzene rings is 7. The van der Waals surface area contributed by atoms with Crippen LogP contribution in [0.4, 0.5) is 0 Å². The lowest BCUT2D eigenvalue weighted by Crippen LogP contribution is -2.01. The summed E-state index contributed by atoms with van der Waals surface area (Å²) in [6.45, 7) is 0. The van der Waals surface area contributed by atoms with Crippen LogP contribution in [0.25, 0.3) is 92.6 Å². The minimum Gasteiger partial charge on any atom is -0.278 e. The number of thiophene rings is 1. The molecule has 7 aromatic carbocycles. The standard InChI is InChI=1S/C46H29N3S/c1-2-10-30(11-3-1)31-20-22-32(23-21-31)33-24-25-38-37-14-4-6-18-42(37)49(43(38)29-33)46-47-27-26-41(48-46)35-13-8-12-34(28-35)36-16-9-17-40-39-15-5-7-19-44(39)50-45(36)40/h1-29H. The highest BCUT2D eigenvalue weighted by molar-refractivity contribution is 7.26. The SMILES string of the molecule is c1ccc(-c2ccc(-c3ccc4c5ccccc5n(-c5nccc(-c6cccc(-c7cccc8c7sc7ccccc78)c6)n5)c4c3)cc2)cc1. The number of aromatic nitrogens is 3. The molecule has 0 N–H and O–H groups in total. The molecule has 4 heteroatoms. The first-order chi connectivity index (χ1) is 24.8. The fourth-order valence-electron chi connectivity index (χ4n) is 7.29. The summed E-state index contributed by atoms with van der Waals surface area (Å²) in [4.78, 5) is 10.1. The molecule has 10 aromatic rings. The number of nitrogens with zero attached hydrogens (tertiary/aromatic N) is 3. The van der Waals surface area contributed by atoms with E-state index in [2.05, 4.69) is 168 Å². The third-order valence-electron chi connectivity index (χ3n) is 9.72. The van der Waals surface area contributed by atoms with Crippen molar-refractivity contribution in [1.82, 2.24) is 14.5 Å². The number of hydrogen-bond donors (Lipinski definition) is 0. The second kappa shape index (κ2) is 11.7. The molecule has 0 fully saturated rings. The largest absolute Gasteiger partial charge is 0.278 e. The molecule has 0 atom stereocenters. The quantitative estimate of drug-likeness (QED) is 0.185. The van der Waals surface area contributed by atoms with Crippen LogP contribution in [0.5, 0.6) is 0 Å². The van der Waals surface area contributed by atoms with Gasteiger partial charge in [-0.1, -0.05) is 140 Å². The molecule has 0 aliphatic carbocycles. The van der Waals surface area contributed by atoms with Gasteiger partial charge in [-0.05, 0) is 63.7 Å². The van der Waals surface area contributed by atoms with Gasteiger partial charge in [0.1, 0.15) is 0 Å². The Labute approximate surface area is 293 Å². The summed E-state index contributed by atoms with van der Waals surface area (Å²) in [7, 11) is 0. The minimum absolute atomic E-state index is 0.655. The fourth-order valence-corrected chi connectivity index (χ4v) is 8.53. The Bertz CT molecular complexity index is 2860. The van der Waals surface area contributed by atoms with Gasteiger partial charge in [0.2, 0.25) is 5.95 Å². The molecule has 50 heavy (non-hydrogen) atoms. The molecule has 234 valence electrons. The average molecular weight is 656 g/mol. The average Bonchev–Trinajstić information content (AvgIpc) is 3.74. The maximum Gasteiger partial charge on any atom is 0.235 e. The fraction of sp³-hybridized carbons (Fsp3) is 0. The Balaban J connectivity index is 1.08. The van der Waals surface area contributed by atoms with Crippen LogP contribution in [-0.4, -0.2) is 14.5 Å². The summed E-state index contributed by atoms with van der Waals surface area (Å²) < 4.78 is 4.83. The zero-order valence-electron chi connectivity index (χ0n) is 27.0. The Kier molecular flexibility index (Phi) is 6.68. The molecule has 0 saturated heterocycles. The number of rotatable bonds is 5. The topological polar surface area (TPSA) is 30.7 Å². The van der Waals surface area contributed by atoms with E-state index in [0.29, 0.717) is 5.95 Å². The molecular weight excluding hydrogens is 627 g/mol. The Morgan fingerprint density at radius 1 is 0.420 bits per heavy atom. The van der Waals surface area contributed by atoms with Crippen molar-refractivity contribution in [1.29, 1.82) is 0 Å². The summed E-state index contributed by atoms with van der Waals surface area (Å²) in [6.07, 6.45) is 1.88. The normalized spacial score (nSPS) is 11.6. The van der Waals surface area contributed by atoms with Gasteiger partial charge in [-0.25, -0.2) is 9.97 Å². The lowest BCUT2D eigenvalue weighted by molar-refractivity contribution is 0.992. The third-order valence-corrected chi connectivity index (χ3v) is 10.9. The van der Waals surface area contributed by atoms with Gasteiger partial charge in [-0.15, -0.1) is 11.3 Å². The van der Waals surface area contributed by atoms with Gasteiger partial charge in [-0.3, -0.25) is 4.57 Å². The minimum atomic E-state index is 0.655. The molecule has 3 nitrogen and oxygen atoms in total. The van der Waals surface area contributed by atoms with E-state index in [1.807, 2.05) is 23.6 Å². The van der Waals surface area contributed by atoms with Crippen LogP contribution in [-0.2, 0) is 0 Å². The van der Waals surface area contributed by atoms with Gasteiger partial charge in [-0.2, -0.15) is 0 Å². The van der Waals surface area contributed by atoms with Crippen LogP contribution < -0.4 is 0 Å². The van der Waals surface area contributed by atoms with Crippen LogP contribution in [0.1, 0.15) is 0 Å². The second-order valence-electron chi connectivity index (χ2n) is 12.6. The van der Waals surface area contributed by atoms with E-state index in [4.69, 9.17) is 9.97 Å². The van der Waals surface area contributed by atoms with E-state index in [9.17, 15) is 0 Å². The van der Waals surface area contributed by atoms with Gasteiger partial charge in [0.05, 0.1) is 16.7 Å². The van der Waals surface area contributed by atoms with E-state index in [1.54, 1.807) is 0 Å². The molecule has 3 heterocycles. The molecule has 0 amide bonds. The number of hydrogen-bond acceptors (Lipinski definition) is 3. The molecule has 0 spiro atoms. The molecule has 0 saturated carbocycles. The molecule has 3 aromatic heterocycles. The van der Waals surface area contributed by atoms with E-state index in [1.165, 1.54) is 58.8 Å². The van der Waals surface area contributed by atoms with E-state index < -0.39 is 0 Å². The van der Waals surface area contributed by atoms with Crippen LogP contribution >= 0.6 is 11.3 Å². The molecule has 0 radical (unpaired) electrons. The first-order valence-electron chi connectivity index (χ1n) is 16.8. The Hall–Kier alpha value is -6.36. The first-order valence-corrected chi connectivity index (χ1v) is 17.6. The molecule has 0 unspecified atom stereocenters. The monoisotopic (exact) mass is 655 g/mol. The van der Waals surface area contributed by atoms with Gasteiger partial charge in [0.25, 0.3) is 0 Å². The van der Waals surface area contributed by atoms with Crippen LogP contribution in [0.15, 0.2) is 176 Å². The van der Waals surface area contributed by atoms with Crippen molar-refractivity contribution >= 4 is 53.3 Å². The Morgan fingerprint density at radius 3 is 1.94 bits per heavy atom. The molecular formula is C46H29N3S. The number of para-hydroxylation sites is 1. The van der Waals surface area contributed by atoms with Crippen LogP contribution in [0.3, 0.4) is 0 Å². The third kappa shape index (κ3) is 4.73. The molecule has 0 aliphatic heterocycles. The maximum absolute atomic E-state index is 5.22. The van der Waals surface area contributed by atoms with Crippen molar-refractivity contribution in [3.63, 3.8) is 0 Å². The zero-order valence-corrected chi connectivity index (χ0v) is 27.8. The smallest absolute Gasteiger partial charge is 0.235 e. The summed E-state index contributed by atoms with van der Waals surface area (Å²) in [5.74, 6) is 0.655. The molecule has 0 bridgehead atoms. The van der Waals surface area contributed by atoms with Crippen molar-refractivity contribution in [2.75, 3.05) is 0 Å². The zero-order chi connectivity index (χ0) is 33.0. The predicted molar refractivity (Wildman–Crippen MR) is 211 cm³/mol. The maximum atomic E-state index is 5.22. The summed E-state index contributed by atoms with van der Waals surface area (Å²) in [5, 5.41) is 4.97. The lowest BCUT2D eigenvalue weighted by atomic mass is 9.99. The second-order valence-corrected chi connectivity index (χ2v) is 13.7. The van der Waals surface area contributed by atoms with Crippen molar-refractivity contribution < 1.29 is 0 Å². The van der Waals surface area contributed by atoms with Crippen molar-refractivity contribution in [2.24, 2.45) is 0 Å². The van der Waals surface area contributed by atoms with Gasteiger partial charge >= 0.3 is 0 Å². The highest BCUT2D eigenvalue weighted by Crippen LogP contribution is 2.41. The predicted octanol–water partition coefficient (Wildman–Crippen LogP) is 12.6.